The van der Waals surface area contributed by atoms with Crippen molar-refractivity contribution in [3.8, 4) is 0 Å². The molecule has 4 heteroatoms. The number of nitrogens with zero attached hydrogens (tertiary/aromatic N) is 2. The molecule has 0 spiro atoms. The Morgan fingerprint density at radius 3 is 2.75 bits per heavy atom. The summed E-state index contributed by atoms with van der Waals surface area (Å²) in [5, 5.41) is 0. The molecule has 1 aliphatic heterocycles. The fourth-order valence-electron chi connectivity index (χ4n) is 2.06. The van der Waals surface area contributed by atoms with E-state index in [9.17, 15) is 0 Å². The van der Waals surface area contributed by atoms with Gasteiger partial charge in [0.15, 0.2) is 5.96 Å². The van der Waals surface area contributed by atoms with Crippen LogP contribution in [-0.4, -0.2) is 43.2 Å². The minimum Gasteiger partial charge on any atom is -0.384 e. The van der Waals surface area contributed by atoms with Crippen molar-refractivity contribution in [2.75, 3.05) is 26.8 Å². The van der Waals surface area contributed by atoms with E-state index in [4.69, 9.17) is 10.5 Å². The van der Waals surface area contributed by atoms with Crippen LogP contribution in [0.5, 0.6) is 0 Å². The second-order valence-electron chi connectivity index (χ2n) is 5.55. The van der Waals surface area contributed by atoms with Gasteiger partial charge in [0.25, 0.3) is 0 Å². The Balaban J connectivity index is 2.56. The molecule has 0 radical (unpaired) electrons. The third-order valence-corrected chi connectivity index (χ3v) is 2.70. The SMILES string of the molecule is COCC1CCCN(C(N)=NC(C)(C)C)C1. The standard InChI is InChI=1S/C12H25N3O/c1-12(2,3)14-11(13)15-7-5-6-10(8-15)9-16-4/h10H,5-9H2,1-4H3,(H2,13,14). The van der Waals surface area contributed by atoms with Gasteiger partial charge < -0.3 is 15.4 Å². The Morgan fingerprint density at radius 2 is 2.19 bits per heavy atom. The molecule has 0 aromatic carbocycles. The van der Waals surface area contributed by atoms with E-state index in [2.05, 4.69) is 30.7 Å². The molecule has 0 aromatic heterocycles. The van der Waals surface area contributed by atoms with Crippen molar-refractivity contribution in [1.29, 1.82) is 0 Å². The minimum atomic E-state index is -0.0989. The van der Waals surface area contributed by atoms with Crippen molar-refractivity contribution < 1.29 is 4.74 Å². The second-order valence-corrected chi connectivity index (χ2v) is 5.55. The molecule has 1 heterocycles. The molecule has 0 amide bonds. The molecule has 4 nitrogen and oxygen atoms in total. The van der Waals surface area contributed by atoms with Crippen LogP contribution in [0.15, 0.2) is 4.99 Å². The molecule has 1 rings (SSSR count). The molecule has 1 aliphatic rings. The number of hydrogen-bond donors (Lipinski definition) is 1. The summed E-state index contributed by atoms with van der Waals surface area (Å²) in [6.07, 6.45) is 2.40. The van der Waals surface area contributed by atoms with Crippen molar-refractivity contribution in [3.63, 3.8) is 0 Å². The van der Waals surface area contributed by atoms with Gasteiger partial charge in [-0.1, -0.05) is 0 Å². The van der Waals surface area contributed by atoms with Gasteiger partial charge in [-0.3, -0.25) is 0 Å². The maximum atomic E-state index is 6.03. The Labute approximate surface area is 98.9 Å². The number of hydrogen-bond acceptors (Lipinski definition) is 2. The number of piperidine rings is 1. The maximum Gasteiger partial charge on any atom is 0.191 e. The van der Waals surface area contributed by atoms with Crippen LogP contribution >= 0.6 is 0 Å². The third-order valence-electron chi connectivity index (χ3n) is 2.70. The number of rotatable bonds is 2. The van der Waals surface area contributed by atoms with E-state index in [1.165, 1.54) is 12.8 Å². The third kappa shape index (κ3) is 4.39. The molecular weight excluding hydrogens is 202 g/mol. The number of nitrogens with two attached hydrogens (primary N) is 1. The van der Waals surface area contributed by atoms with Crippen molar-refractivity contribution in [2.24, 2.45) is 16.6 Å². The first-order valence-electron chi connectivity index (χ1n) is 6.01. The first-order chi connectivity index (χ1) is 7.42. The van der Waals surface area contributed by atoms with Crippen molar-refractivity contribution >= 4 is 5.96 Å². The summed E-state index contributed by atoms with van der Waals surface area (Å²) in [5.74, 6) is 1.26. The summed E-state index contributed by atoms with van der Waals surface area (Å²) in [7, 11) is 1.76. The zero-order valence-electron chi connectivity index (χ0n) is 11.0. The summed E-state index contributed by atoms with van der Waals surface area (Å²) in [5.41, 5.74) is 5.93. The summed E-state index contributed by atoms with van der Waals surface area (Å²) in [4.78, 5) is 6.69. The lowest BCUT2D eigenvalue weighted by molar-refractivity contribution is 0.114. The van der Waals surface area contributed by atoms with Gasteiger partial charge in [0.05, 0.1) is 12.1 Å². The van der Waals surface area contributed by atoms with Crippen molar-refractivity contribution in [3.05, 3.63) is 0 Å². The van der Waals surface area contributed by atoms with Gasteiger partial charge in [0, 0.05) is 20.2 Å². The van der Waals surface area contributed by atoms with E-state index in [1.807, 2.05) is 0 Å². The molecule has 2 N–H and O–H groups in total. The quantitative estimate of drug-likeness (QED) is 0.574. The largest absolute Gasteiger partial charge is 0.384 e. The molecule has 0 aliphatic carbocycles. The number of methoxy groups -OCH3 is 1. The molecule has 16 heavy (non-hydrogen) atoms. The predicted molar refractivity (Wildman–Crippen MR) is 67.5 cm³/mol. The Bertz CT molecular complexity index is 243. The summed E-state index contributed by atoms with van der Waals surface area (Å²) >= 11 is 0. The van der Waals surface area contributed by atoms with Gasteiger partial charge in [-0.2, -0.15) is 0 Å². The number of likely N-dealkylation sites (tertiary alicyclic amines) is 1. The summed E-state index contributed by atoms with van der Waals surface area (Å²) < 4.78 is 5.20. The highest BCUT2D eigenvalue weighted by molar-refractivity contribution is 5.78. The number of ether oxygens (including phenoxy) is 1. The molecule has 1 atom stereocenters. The van der Waals surface area contributed by atoms with E-state index in [0.717, 1.165) is 19.7 Å². The van der Waals surface area contributed by atoms with Gasteiger partial charge in [0.1, 0.15) is 0 Å². The Hall–Kier alpha value is -0.770. The van der Waals surface area contributed by atoms with Gasteiger partial charge in [0.2, 0.25) is 0 Å². The fraction of sp³-hybridized carbons (Fsp3) is 0.917. The molecule has 0 aromatic rings. The van der Waals surface area contributed by atoms with Gasteiger partial charge >= 0.3 is 0 Å². The Morgan fingerprint density at radius 1 is 1.50 bits per heavy atom. The fourth-order valence-corrected chi connectivity index (χ4v) is 2.06. The topological polar surface area (TPSA) is 50.9 Å². The van der Waals surface area contributed by atoms with E-state index >= 15 is 0 Å². The van der Waals surface area contributed by atoms with Crippen LogP contribution in [0.25, 0.3) is 0 Å². The molecule has 1 unspecified atom stereocenters. The molecule has 0 bridgehead atoms. The van der Waals surface area contributed by atoms with Crippen LogP contribution in [0, 0.1) is 5.92 Å². The van der Waals surface area contributed by atoms with Crippen LogP contribution < -0.4 is 5.73 Å². The highest BCUT2D eigenvalue weighted by atomic mass is 16.5. The zero-order valence-corrected chi connectivity index (χ0v) is 11.0. The normalized spacial score (nSPS) is 23.6. The smallest absolute Gasteiger partial charge is 0.191 e. The first-order valence-corrected chi connectivity index (χ1v) is 6.01. The number of aliphatic imine (C=N–C) groups is 1. The molecule has 1 fully saturated rings. The molecule has 1 saturated heterocycles. The van der Waals surface area contributed by atoms with E-state index in [-0.39, 0.29) is 5.54 Å². The average Bonchev–Trinajstić information content (AvgIpc) is 2.16. The summed E-state index contributed by atoms with van der Waals surface area (Å²) in [6.45, 7) is 9.01. The lowest BCUT2D eigenvalue weighted by Crippen LogP contribution is -2.46. The lowest BCUT2D eigenvalue weighted by Gasteiger charge is -2.34. The monoisotopic (exact) mass is 227 g/mol. The van der Waals surface area contributed by atoms with Crippen LogP contribution in [0.4, 0.5) is 0 Å². The zero-order chi connectivity index (χ0) is 12.2. The molecular formula is C12H25N3O. The second kappa shape index (κ2) is 5.53. The number of guanidine groups is 1. The first kappa shape index (κ1) is 13.3. The Kier molecular flexibility index (Phi) is 4.59. The van der Waals surface area contributed by atoms with E-state index in [0.29, 0.717) is 11.9 Å². The lowest BCUT2D eigenvalue weighted by atomic mass is 9.99. The van der Waals surface area contributed by atoms with Gasteiger partial charge in [-0.15, -0.1) is 0 Å². The van der Waals surface area contributed by atoms with Crippen molar-refractivity contribution in [2.45, 2.75) is 39.2 Å². The van der Waals surface area contributed by atoms with Crippen LogP contribution in [0.1, 0.15) is 33.6 Å². The minimum absolute atomic E-state index is 0.0989. The van der Waals surface area contributed by atoms with Crippen LogP contribution in [-0.2, 0) is 4.74 Å². The van der Waals surface area contributed by atoms with Crippen molar-refractivity contribution in [1.82, 2.24) is 4.90 Å². The van der Waals surface area contributed by atoms with E-state index in [1.54, 1.807) is 7.11 Å². The summed E-state index contributed by atoms with van der Waals surface area (Å²) in [6, 6.07) is 0. The van der Waals surface area contributed by atoms with Gasteiger partial charge in [-0.05, 0) is 39.5 Å². The van der Waals surface area contributed by atoms with Crippen LogP contribution in [0.2, 0.25) is 0 Å². The average molecular weight is 227 g/mol. The van der Waals surface area contributed by atoms with Gasteiger partial charge in [-0.25, -0.2) is 4.99 Å². The van der Waals surface area contributed by atoms with Crippen LogP contribution in [0.3, 0.4) is 0 Å². The predicted octanol–water partition coefficient (Wildman–Crippen LogP) is 1.46. The highest BCUT2D eigenvalue weighted by Crippen LogP contribution is 2.17. The van der Waals surface area contributed by atoms with E-state index < -0.39 is 0 Å². The molecule has 0 saturated carbocycles. The highest BCUT2D eigenvalue weighted by Gasteiger charge is 2.22. The maximum absolute atomic E-state index is 6.03. The molecule has 94 valence electrons.